The highest BCUT2D eigenvalue weighted by molar-refractivity contribution is 5.67. The van der Waals surface area contributed by atoms with E-state index in [1.54, 1.807) is 7.11 Å². The second-order valence-corrected chi connectivity index (χ2v) is 2.99. The number of hydrogen-bond donors (Lipinski definition) is 1. The SMILES string of the molecule is COc1cccc2c1NCC2C#N. The third-order valence-electron chi connectivity index (χ3n) is 2.29. The number of ether oxygens (including phenoxy) is 1. The summed E-state index contributed by atoms with van der Waals surface area (Å²) in [5.74, 6) is 0.778. The molecule has 1 aromatic rings. The number of anilines is 1. The van der Waals surface area contributed by atoms with Crippen molar-refractivity contribution in [3.8, 4) is 11.8 Å². The molecule has 0 saturated carbocycles. The molecular formula is C10H10N2O. The zero-order valence-electron chi connectivity index (χ0n) is 7.37. The highest BCUT2D eigenvalue weighted by Gasteiger charge is 2.23. The van der Waals surface area contributed by atoms with E-state index in [1.165, 1.54) is 0 Å². The number of nitriles is 1. The van der Waals surface area contributed by atoms with Crippen LogP contribution in [-0.2, 0) is 0 Å². The minimum absolute atomic E-state index is 0.0369. The first-order valence-electron chi connectivity index (χ1n) is 4.17. The zero-order valence-corrected chi connectivity index (χ0v) is 7.37. The van der Waals surface area contributed by atoms with Crippen molar-refractivity contribution in [2.75, 3.05) is 19.0 Å². The lowest BCUT2D eigenvalue weighted by atomic mass is 10.0. The molecule has 1 heterocycles. The van der Waals surface area contributed by atoms with E-state index in [4.69, 9.17) is 10.00 Å². The quantitative estimate of drug-likeness (QED) is 0.705. The Hall–Kier alpha value is -1.69. The molecule has 0 bridgehead atoms. The van der Waals surface area contributed by atoms with E-state index >= 15 is 0 Å². The van der Waals surface area contributed by atoms with Crippen LogP contribution >= 0.6 is 0 Å². The fraction of sp³-hybridized carbons (Fsp3) is 0.300. The van der Waals surface area contributed by atoms with Gasteiger partial charge in [0, 0.05) is 6.54 Å². The van der Waals surface area contributed by atoms with E-state index in [-0.39, 0.29) is 5.92 Å². The molecule has 3 heteroatoms. The molecule has 1 atom stereocenters. The minimum atomic E-state index is -0.0369. The fourth-order valence-corrected chi connectivity index (χ4v) is 1.63. The lowest BCUT2D eigenvalue weighted by molar-refractivity contribution is 0.416. The van der Waals surface area contributed by atoms with Crippen molar-refractivity contribution < 1.29 is 4.74 Å². The van der Waals surface area contributed by atoms with Crippen LogP contribution in [-0.4, -0.2) is 13.7 Å². The first-order chi connectivity index (χ1) is 6.36. The van der Waals surface area contributed by atoms with Crippen LogP contribution in [0.25, 0.3) is 0 Å². The third-order valence-corrected chi connectivity index (χ3v) is 2.29. The summed E-state index contributed by atoms with van der Waals surface area (Å²) in [6, 6.07) is 8.02. The number of rotatable bonds is 1. The summed E-state index contributed by atoms with van der Waals surface area (Å²) in [5, 5.41) is 12.0. The van der Waals surface area contributed by atoms with Crippen LogP contribution in [0.4, 0.5) is 5.69 Å². The van der Waals surface area contributed by atoms with E-state index in [1.807, 2.05) is 18.2 Å². The van der Waals surface area contributed by atoms with Gasteiger partial charge in [0.25, 0.3) is 0 Å². The molecule has 0 fully saturated rings. The summed E-state index contributed by atoms with van der Waals surface area (Å²) in [7, 11) is 1.64. The van der Waals surface area contributed by atoms with Crippen molar-refractivity contribution in [3.63, 3.8) is 0 Å². The van der Waals surface area contributed by atoms with E-state index in [0.717, 1.165) is 17.0 Å². The number of methoxy groups -OCH3 is 1. The maximum absolute atomic E-state index is 8.85. The predicted octanol–water partition coefficient (Wildman–Crippen LogP) is 1.73. The van der Waals surface area contributed by atoms with Crippen molar-refractivity contribution in [1.29, 1.82) is 5.26 Å². The van der Waals surface area contributed by atoms with Gasteiger partial charge in [-0.1, -0.05) is 12.1 Å². The van der Waals surface area contributed by atoms with Gasteiger partial charge in [0.1, 0.15) is 5.75 Å². The van der Waals surface area contributed by atoms with Gasteiger partial charge in [0.15, 0.2) is 0 Å². The van der Waals surface area contributed by atoms with Gasteiger partial charge >= 0.3 is 0 Å². The number of hydrogen-bond acceptors (Lipinski definition) is 3. The number of fused-ring (bicyclic) bond motifs is 1. The van der Waals surface area contributed by atoms with Crippen LogP contribution < -0.4 is 10.1 Å². The Labute approximate surface area is 76.9 Å². The summed E-state index contributed by atoms with van der Waals surface area (Å²) in [5.41, 5.74) is 2.01. The lowest BCUT2D eigenvalue weighted by Crippen LogP contribution is -1.98. The molecule has 1 unspecified atom stereocenters. The highest BCUT2D eigenvalue weighted by atomic mass is 16.5. The van der Waals surface area contributed by atoms with E-state index in [0.29, 0.717) is 6.54 Å². The predicted molar refractivity (Wildman–Crippen MR) is 49.8 cm³/mol. The number of para-hydroxylation sites is 1. The first kappa shape index (κ1) is 7.93. The average molecular weight is 174 g/mol. The fourth-order valence-electron chi connectivity index (χ4n) is 1.63. The molecule has 66 valence electrons. The topological polar surface area (TPSA) is 45.0 Å². The van der Waals surface area contributed by atoms with Crippen LogP contribution in [0.5, 0.6) is 5.75 Å². The monoisotopic (exact) mass is 174 g/mol. The molecule has 13 heavy (non-hydrogen) atoms. The van der Waals surface area contributed by atoms with Gasteiger partial charge in [-0.3, -0.25) is 0 Å². The number of nitrogens with one attached hydrogen (secondary N) is 1. The second-order valence-electron chi connectivity index (χ2n) is 2.99. The lowest BCUT2D eigenvalue weighted by Gasteiger charge is -2.06. The maximum atomic E-state index is 8.85. The first-order valence-corrected chi connectivity index (χ1v) is 4.17. The summed E-state index contributed by atoms with van der Waals surface area (Å²) >= 11 is 0. The van der Waals surface area contributed by atoms with Crippen LogP contribution in [0, 0.1) is 11.3 Å². The van der Waals surface area contributed by atoms with Gasteiger partial charge < -0.3 is 10.1 Å². The Morgan fingerprint density at radius 1 is 1.62 bits per heavy atom. The normalized spacial score (nSPS) is 18.6. The molecule has 0 spiro atoms. The Kier molecular flexibility index (Phi) is 1.82. The molecular weight excluding hydrogens is 164 g/mol. The molecule has 1 aliphatic heterocycles. The van der Waals surface area contributed by atoms with Gasteiger partial charge in [-0.05, 0) is 11.6 Å². The summed E-state index contributed by atoms with van der Waals surface area (Å²) in [4.78, 5) is 0. The molecule has 1 N–H and O–H groups in total. The van der Waals surface area contributed by atoms with Crippen LogP contribution in [0.3, 0.4) is 0 Å². The van der Waals surface area contributed by atoms with Gasteiger partial charge in [-0.15, -0.1) is 0 Å². The second kappa shape index (κ2) is 2.98. The maximum Gasteiger partial charge on any atom is 0.142 e. The van der Waals surface area contributed by atoms with Crippen molar-refractivity contribution in [3.05, 3.63) is 23.8 Å². The molecule has 2 rings (SSSR count). The number of nitrogens with zero attached hydrogens (tertiary/aromatic N) is 1. The van der Waals surface area contributed by atoms with E-state index < -0.39 is 0 Å². The van der Waals surface area contributed by atoms with Crippen LogP contribution in [0.1, 0.15) is 11.5 Å². The average Bonchev–Trinajstić information content (AvgIpc) is 2.60. The Balaban J connectivity index is 2.50. The third kappa shape index (κ3) is 1.11. The van der Waals surface area contributed by atoms with Crippen molar-refractivity contribution in [2.24, 2.45) is 0 Å². The molecule has 0 aliphatic carbocycles. The largest absolute Gasteiger partial charge is 0.495 e. The molecule has 0 radical (unpaired) electrons. The number of benzene rings is 1. The van der Waals surface area contributed by atoms with Crippen LogP contribution in [0.2, 0.25) is 0 Å². The summed E-state index contributed by atoms with van der Waals surface area (Å²) in [6.07, 6.45) is 0. The molecule has 0 aromatic heterocycles. The molecule has 0 saturated heterocycles. The zero-order chi connectivity index (χ0) is 9.26. The molecule has 1 aromatic carbocycles. The Morgan fingerprint density at radius 2 is 2.46 bits per heavy atom. The highest BCUT2D eigenvalue weighted by Crippen LogP contribution is 2.37. The van der Waals surface area contributed by atoms with Gasteiger partial charge in [-0.25, -0.2) is 0 Å². The van der Waals surface area contributed by atoms with Gasteiger partial charge in [0.05, 0.1) is 24.8 Å². The van der Waals surface area contributed by atoms with Crippen molar-refractivity contribution in [1.82, 2.24) is 0 Å². The Bertz CT molecular complexity index is 368. The molecule has 0 amide bonds. The van der Waals surface area contributed by atoms with Crippen LogP contribution in [0.15, 0.2) is 18.2 Å². The Morgan fingerprint density at radius 3 is 3.15 bits per heavy atom. The molecule has 1 aliphatic rings. The van der Waals surface area contributed by atoms with E-state index in [9.17, 15) is 0 Å². The standard InChI is InChI=1S/C10H10N2O/c1-13-9-4-2-3-8-7(5-11)6-12-10(8)9/h2-4,7,12H,6H2,1H3. The molecule has 3 nitrogen and oxygen atoms in total. The smallest absolute Gasteiger partial charge is 0.142 e. The van der Waals surface area contributed by atoms with Gasteiger partial charge in [0.2, 0.25) is 0 Å². The van der Waals surface area contributed by atoms with Crippen molar-refractivity contribution in [2.45, 2.75) is 5.92 Å². The van der Waals surface area contributed by atoms with Crippen molar-refractivity contribution >= 4 is 5.69 Å². The van der Waals surface area contributed by atoms with E-state index in [2.05, 4.69) is 11.4 Å². The van der Waals surface area contributed by atoms with Gasteiger partial charge in [-0.2, -0.15) is 5.26 Å². The minimum Gasteiger partial charge on any atom is -0.495 e. The summed E-state index contributed by atoms with van der Waals surface area (Å²) in [6.45, 7) is 0.687. The summed E-state index contributed by atoms with van der Waals surface area (Å²) < 4.78 is 5.18.